The van der Waals surface area contributed by atoms with Gasteiger partial charge in [0.1, 0.15) is 11.8 Å². The SMILES string of the molecule is CCOC(=O)Cc1cc(C#N)c(O)c(C(F)(F)F)c1. The summed E-state index contributed by atoms with van der Waals surface area (Å²) >= 11 is 0. The number of ether oxygens (including phenoxy) is 1. The minimum absolute atomic E-state index is 0.0416. The lowest BCUT2D eigenvalue weighted by atomic mass is 10.0. The predicted octanol–water partition coefficient (Wildman–Crippen LogP) is 2.39. The van der Waals surface area contributed by atoms with Crippen LogP contribution in [-0.4, -0.2) is 17.7 Å². The molecule has 7 heteroatoms. The van der Waals surface area contributed by atoms with Crippen LogP contribution in [0.2, 0.25) is 0 Å². The van der Waals surface area contributed by atoms with Gasteiger partial charge in [-0.05, 0) is 24.6 Å². The van der Waals surface area contributed by atoms with Crippen LogP contribution in [0.1, 0.15) is 23.6 Å². The quantitative estimate of drug-likeness (QED) is 0.858. The van der Waals surface area contributed by atoms with Gasteiger partial charge in [-0.15, -0.1) is 0 Å². The Bertz CT molecular complexity index is 532. The van der Waals surface area contributed by atoms with E-state index in [0.717, 1.165) is 6.07 Å². The molecular formula is C12H10F3NO3. The lowest BCUT2D eigenvalue weighted by molar-refractivity contribution is -0.143. The molecule has 0 aliphatic carbocycles. The molecule has 0 aliphatic heterocycles. The molecule has 4 nitrogen and oxygen atoms in total. The molecule has 0 spiro atoms. The Morgan fingerprint density at radius 2 is 2.11 bits per heavy atom. The van der Waals surface area contributed by atoms with Crippen molar-refractivity contribution in [3.63, 3.8) is 0 Å². The summed E-state index contributed by atoms with van der Waals surface area (Å²) in [6.45, 7) is 1.67. The predicted molar refractivity (Wildman–Crippen MR) is 58.2 cm³/mol. The monoisotopic (exact) mass is 273 g/mol. The van der Waals surface area contributed by atoms with Crippen LogP contribution >= 0.6 is 0 Å². The number of rotatable bonds is 3. The topological polar surface area (TPSA) is 70.3 Å². The first-order chi connectivity index (χ1) is 8.79. The highest BCUT2D eigenvalue weighted by atomic mass is 19.4. The van der Waals surface area contributed by atoms with Crippen molar-refractivity contribution in [3.05, 3.63) is 28.8 Å². The van der Waals surface area contributed by atoms with E-state index in [1.807, 2.05) is 0 Å². The third-order valence-electron chi connectivity index (χ3n) is 2.25. The summed E-state index contributed by atoms with van der Waals surface area (Å²) in [6, 6.07) is 3.11. The number of phenols is 1. The van der Waals surface area contributed by atoms with Gasteiger partial charge in [0.2, 0.25) is 0 Å². The Morgan fingerprint density at radius 3 is 2.58 bits per heavy atom. The van der Waals surface area contributed by atoms with E-state index >= 15 is 0 Å². The minimum Gasteiger partial charge on any atom is -0.506 e. The number of alkyl halides is 3. The number of hydrogen-bond acceptors (Lipinski definition) is 4. The Hall–Kier alpha value is -2.23. The van der Waals surface area contributed by atoms with E-state index in [1.165, 1.54) is 6.07 Å². The molecule has 0 saturated heterocycles. The molecule has 19 heavy (non-hydrogen) atoms. The van der Waals surface area contributed by atoms with Gasteiger partial charge in [0.05, 0.1) is 24.2 Å². The van der Waals surface area contributed by atoms with E-state index in [-0.39, 0.29) is 12.2 Å². The number of nitriles is 1. The molecule has 1 rings (SSSR count). The van der Waals surface area contributed by atoms with E-state index in [1.54, 1.807) is 6.92 Å². The van der Waals surface area contributed by atoms with Crippen molar-refractivity contribution in [3.8, 4) is 11.8 Å². The lowest BCUT2D eigenvalue weighted by Crippen LogP contribution is -2.11. The van der Waals surface area contributed by atoms with Crippen molar-refractivity contribution < 1.29 is 27.8 Å². The summed E-state index contributed by atoms with van der Waals surface area (Å²) in [6.07, 6.45) is -5.20. The fraction of sp³-hybridized carbons (Fsp3) is 0.333. The minimum atomic E-state index is -4.81. The van der Waals surface area contributed by atoms with E-state index in [9.17, 15) is 23.1 Å². The first-order valence-corrected chi connectivity index (χ1v) is 5.28. The first kappa shape index (κ1) is 14.8. The van der Waals surface area contributed by atoms with E-state index in [4.69, 9.17) is 5.26 Å². The molecule has 0 amide bonds. The van der Waals surface area contributed by atoms with Crippen LogP contribution < -0.4 is 0 Å². The smallest absolute Gasteiger partial charge is 0.420 e. The van der Waals surface area contributed by atoms with Crippen molar-refractivity contribution in [2.24, 2.45) is 0 Å². The first-order valence-electron chi connectivity index (χ1n) is 5.28. The molecule has 0 atom stereocenters. The zero-order valence-corrected chi connectivity index (χ0v) is 9.91. The number of aromatic hydroxyl groups is 1. The molecule has 0 saturated carbocycles. The second kappa shape index (κ2) is 5.61. The number of hydrogen-bond donors (Lipinski definition) is 1. The van der Waals surface area contributed by atoms with Gasteiger partial charge in [-0.2, -0.15) is 18.4 Å². The van der Waals surface area contributed by atoms with Crippen molar-refractivity contribution in [2.45, 2.75) is 19.5 Å². The van der Waals surface area contributed by atoms with E-state index in [2.05, 4.69) is 4.74 Å². The second-order valence-corrected chi connectivity index (χ2v) is 3.63. The summed E-state index contributed by atoms with van der Waals surface area (Å²) in [5, 5.41) is 18.0. The summed E-state index contributed by atoms with van der Waals surface area (Å²) in [4.78, 5) is 11.2. The highest BCUT2D eigenvalue weighted by Crippen LogP contribution is 2.38. The van der Waals surface area contributed by atoms with Crippen LogP contribution in [0.5, 0.6) is 5.75 Å². The number of esters is 1. The number of halogens is 3. The third-order valence-corrected chi connectivity index (χ3v) is 2.25. The number of carbonyl (C=O) groups is 1. The molecule has 1 aromatic rings. The van der Waals surface area contributed by atoms with Gasteiger partial charge in [-0.25, -0.2) is 0 Å². The van der Waals surface area contributed by atoms with Gasteiger partial charge in [0.25, 0.3) is 0 Å². The molecule has 0 bridgehead atoms. The van der Waals surface area contributed by atoms with Crippen molar-refractivity contribution >= 4 is 5.97 Å². The molecule has 0 aromatic heterocycles. The summed E-state index contributed by atoms with van der Waals surface area (Å²) < 4.78 is 42.5. The summed E-state index contributed by atoms with van der Waals surface area (Å²) in [5.41, 5.74) is -1.92. The maximum absolute atomic E-state index is 12.6. The molecule has 1 aromatic carbocycles. The second-order valence-electron chi connectivity index (χ2n) is 3.63. The average Bonchev–Trinajstić information content (AvgIpc) is 2.30. The number of nitrogens with zero attached hydrogens (tertiary/aromatic N) is 1. The zero-order valence-electron chi connectivity index (χ0n) is 9.91. The molecule has 0 unspecified atom stereocenters. The molecule has 102 valence electrons. The summed E-state index contributed by atoms with van der Waals surface area (Å²) in [5.74, 6) is -1.84. The standard InChI is InChI=1S/C12H10F3NO3/c1-2-19-10(17)5-7-3-8(6-16)11(18)9(4-7)12(13,14)15/h3-4,18H,2,5H2,1H3. The van der Waals surface area contributed by atoms with Gasteiger partial charge in [-0.3, -0.25) is 4.79 Å². The van der Waals surface area contributed by atoms with Crippen molar-refractivity contribution in [2.75, 3.05) is 6.61 Å². The highest BCUT2D eigenvalue weighted by Gasteiger charge is 2.35. The molecular weight excluding hydrogens is 263 g/mol. The largest absolute Gasteiger partial charge is 0.506 e. The highest BCUT2D eigenvalue weighted by molar-refractivity contribution is 5.73. The zero-order chi connectivity index (χ0) is 14.6. The summed E-state index contributed by atoms with van der Waals surface area (Å²) in [7, 11) is 0. The van der Waals surface area contributed by atoms with Crippen LogP contribution in [0.4, 0.5) is 13.2 Å². The van der Waals surface area contributed by atoms with Crippen LogP contribution in [0.15, 0.2) is 12.1 Å². The molecule has 0 fully saturated rings. The number of carbonyl (C=O) groups excluding carboxylic acids is 1. The van der Waals surface area contributed by atoms with Gasteiger partial charge in [-0.1, -0.05) is 0 Å². The maximum atomic E-state index is 12.6. The number of benzene rings is 1. The Morgan fingerprint density at radius 1 is 1.47 bits per heavy atom. The van der Waals surface area contributed by atoms with E-state index < -0.39 is 35.4 Å². The van der Waals surface area contributed by atoms with E-state index in [0.29, 0.717) is 6.07 Å². The van der Waals surface area contributed by atoms with Crippen LogP contribution in [0.25, 0.3) is 0 Å². The van der Waals surface area contributed by atoms with Gasteiger partial charge in [0, 0.05) is 0 Å². The lowest BCUT2D eigenvalue weighted by Gasteiger charge is -2.12. The average molecular weight is 273 g/mol. The number of phenolic OH excluding ortho intramolecular Hbond substituents is 1. The van der Waals surface area contributed by atoms with Crippen LogP contribution in [-0.2, 0) is 22.1 Å². The van der Waals surface area contributed by atoms with Gasteiger partial charge >= 0.3 is 12.1 Å². The molecule has 1 N–H and O–H groups in total. The molecule has 0 aliphatic rings. The van der Waals surface area contributed by atoms with Crippen molar-refractivity contribution in [1.29, 1.82) is 5.26 Å². The van der Waals surface area contributed by atoms with Gasteiger partial charge in [0.15, 0.2) is 0 Å². The van der Waals surface area contributed by atoms with Crippen LogP contribution in [0, 0.1) is 11.3 Å². The van der Waals surface area contributed by atoms with Crippen molar-refractivity contribution in [1.82, 2.24) is 0 Å². The molecule has 0 radical (unpaired) electrons. The Labute approximate surface area is 107 Å². The molecule has 0 heterocycles. The van der Waals surface area contributed by atoms with Gasteiger partial charge < -0.3 is 9.84 Å². The Kier molecular flexibility index (Phi) is 4.38. The fourth-order valence-corrected chi connectivity index (χ4v) is 1.48. The maximum Gasteiger partial charge on any atom is 0.420 e. The normalized spacial score (nSPS) is 10.9. The third kappa shape index (κ3) is 3.61. The Balaban J connectivity index is 3.22. The fourth-order valence-electron chi connectivity index (χ4n) is 1.48. The van der Waals surface area contributed by atoms with Crippen LogP contribution in [0.3, 0.4) is 0 Å².